The largest absolute Gasteiger partial charge is 0.494 e. The van der Waals surface area contributed by atoms with Gasteiger partial charge in [-0.1, -0.05) is 18.3 Å². The summed E-state index contributed by atoms with van der Waals surface area (Å²) in [6.45, 7) is 2.72. The van der Waals surface area contributed by atoms with Gasteiger partial charge in [0.15, 0.2) is 5.69 Å². The molecule has 8 heteroatoms. The highest BCUT2D eigenvalue weighted by molar-refractivity contribution is 7.20. The van der Waals surface area contributed by atoms with E-state index in [1.54, 1.807) is 19.2 Å². The summed E-state index contributed by atoms with van der Waals surface area (Å²) in [4.78, 5) is 12.9. The minimum absolute atomic E-state index is 0.271. The van der Waals surface area contributed by atoms with E-state index in [-0.39, 0.29) is 11.3 Å². The molecule has 0 fully saturated rings. The Balaban J connectivity index is 1.99. The standard InChI is InChI=1S/C14H15N5O2S/c1-3-8-21-10-6-4-9(5-7-10)11-12(20)19-14(17-16-11)22-13(15-2)18-19/h4-7H,3,8H2,1-2H3,(H,15,18). The number of rotatable bonds is 5. The Morgan fingerprint density at radius 3 is 2.73 bits per heavy atom. The molecule has 0 aliphatic rings. The first-order valence-electron chi connectivity index (χ1n) is 6.90. The molecule has 2 aromatic heterocycles. The molecule has 3 aromatic rings. The van der Waals surface area contributed by atoms with E-state index >= 15 is 0 Å². The van der Waals surface area contributed by atoms with Crippen molar-refractivity contribution in [3.05, 3.63) is 34.6 Å². The van der Waals surface area contributed by atoms with Gasteiger partial charge in [-0.2, -0.15) is 4.52 Å². The number of benzene rings is 1. The van der Waals surface area contributed by atoms with Crippen LogP contribution in [0.5, 0.6) is 5.75 Å². The van der Waals surface area contributed by atoms with E-state index in [4.69, 9.17) is 4.74 Å². The van der Waals surface area contributed by atoms with Crippen molar-refractivity contribution in [3.63, 3.8) is 0 Å². The second kappa shape index (κ2) is 6.10. The predicted molar refractivity (Wildman–Crippen MR) is 85.7 cm³/mol. The van der Waals surface area contributed by atoms with E-state index in [1.165, 1.54) is 15.9 Å². The third-order valence-corrected chi connectivity index (χ3v) is 3.92. The number of fused-ring (bicyclic) bond motifs is 1. The van der Waals surface area contributed by atoms with Gasteiger partial charge in [-0.25, -0.2) is 0 Å². The van der Waals surface area contributed by atoms with Gasteiger partial charge in [0.05, 0.1) is 6.61 Å². The van der Waals surface area contributed by atoms with E-state index < -0.39 is 0 Å². The Kier molecular flexibility index (Phi) is 4.01. The van der Waals surface area contributed by atoms with Gasteiger partial charge in [-0.05, 0) is 30.7 Å². The fourth-order valence-electron chi connectivity index (χ4n) is 1.93. The molecule has 0 aliphatic carbocycles. The van der Waals surface area contributed by atoms with E-state index in [2.05, 4.69) is 20.6 Å². The lowest BCUT2D eigenvalue weighted by Crippen LogP contribution is -2.19. The first-order chi connectivity index (χ1) is 10.7. The summed E-state index contributed by atoms with van der Waals surface area (Å²) in [5, 5.41) is 15.8. The molecule has 7 nitrogen and oxygen atoms in total. The Labute approximate surface area is 130 Å². The van der Waals surface area contributed by atoms with Crippen molar-refractivity contribution < 1.29 is 4.74 Å². The van der Waals surface area contributed by atoms with E-state index in [9.17, 15) is 4.79 Å². The summed E-state index contributed by atoms with van der Waals surface area (Å²) >= 11 is 1.27. The molecular weight excluding hydrogens is 302 g/mol. The lowest BCUT2D eigenvalue weighted by Gasteiger charge is -2.05. The second-order valence-corrected chi connectivity index (χ2v) is 5.53. The summed E-state index contributed by atoms with van der Waals surface area (Å²) in [5.74, 6) is 0.769. The third kappa shape index (κ3) is 2.64. The molecule has 114 valence electrons. The fraction of sp³-hybridized carbons (Fsp3) is 0.286. The van der Waals surface area contributed by atoms with E-state index in [0.717, 1.165) is 12.2 Å². The summed E-state index contributed by atoms with van der Waals surface area (Å²) in [6, 6.07) is 7.24. The molecule has 0 spiro atoms. The normalized spacial score (nSPS) is 10.8. The van der Waals surface area contributed by atoms with Crippen molar-refractivity contribution >= 4 is 21.4 Å². The molecule has 0 saturated heterocycles. The minimum Gasteiger partial charge on any atom is -0.494 e. The van der Waals surface area contributed by atoms with Crippen molar-refractivity contribution in [2.45, 2.75) is 13.3 Å². The molecule has 3 rings (SSSR count). The van der Waals surface area contributed by atoms with Crippen molar-refractivity contribution in [1.29, 1.82) is 0 Å². The molecule has 1 N–H and O–H groups in total. The average molecular weight is 317 g/mol. The smallest absolute Gasteiger partial charge is 0.302 e. The van der Waals surface area contributed by atoms with Crippen molar-refractivity contribution in [3.8, 4) is 17.0 Å². The lowest BCUT2D eigenvalue weighted by atomic mass is 10.1. The molecule has 0 atom stereocenters. The van der Waals surface area contributed by atoms with Gasteiger partial charge in [0.25, 0.3) is 0 Å². The molecule has 1 aromatic carbocycles. The van der Waals surface area contributed by atoms with E-state index in [0.29, 0.717) is 22.3 Å². The fourth-order valence-corrected chi connectivity index (χ4v) is 2.62. The molecule has 0 bridgehead atoms. The summed E-state index contributed by atoms with van der Waals surface area (Å²) in [6.07, 6.45) is 0.947. The van der Waals surface area contributed by atoms with Crippen LogP contribution in [-0.4, -0.2) is 33.5 Å². The van der Waals surface area contributed by atoms with Crippen LogP contribution in [-0.2, 0) is 0 Å². The van der Waals surface area contributed by atoms with Crippen LogP contribution in [0.2, 0.25) is 0 Å². The molecule has 0 radical (unpaired) electrons. The Hall–Kier alpha value is -2.48. The molecule has 2 heterocycles. The summed E-state index contributed by atoms with van der Waals surface area (Å²) in [5.41, 5.74) is 0.673. The van der Waals surface area contributed by atoms with Crippen LogP contribution in [0, 0.1) is 0 Å². The average Bonchev–Trinajstić information content (AvgIpc) is 2.98. The molecule has 0 unspecified atom stereocenters. The quantitative estimate of drug-likeness (QED) is 0.775. The first kappa shape index (κ1) is 14.5. The van der Waals surface area contributed by atoms with Gasteiger partial charge in [0.2, 0.25) is 10.1 Å². The van der Waals surface area contributed by atoms with Crippen LogP contribution in [0.1, 0.15) is 13.3 Å². The number of nitrogens with zero attached hydrogens (tertiary/aromatic N) is 4. The van der Waals surface area contributed by atoms with Gasteiger partial charge >= 0.3 is 5.56 Å². The zero-order chi connectivity index (χ0) is 15.5. The topological polar surface area (TPSA) is 81.4 Å². The van der Waals surface area contributed by atoms with Crippen LogP contribution < -0.4 is 15.6 Å². The monoisotopic (exact) mass is 317 g/mol. The SMILES string of the molecule is CCCOc1ccc(-c2nnc3sc(NC)nn3c2=O)cc1. The highest BCUT2D eigenvalue weighted by atomic mass is 32.1. The molecule has 22 heavy (non-hydrogen) atoms. The Morgan fingerprint density at radius 1 is 1.27 bits per heavy atom. The number of aromatic nitrogens is 4. The van der Waals surface area contributed by atoms with Gasteiger partial charge in [-0.15, -0.1) is 15.3 Å². The maximum atomic E-state index is 12.5. The van der Waals surface area contributed by atoms with Crippen LogP contribution in [0.3, 0.4) is 0 Å². The van der Waals surface area contributed by atoms with Crippen LogP contribution >= 0.6 is 11.3 Å². The third-order valence-electron chi connectivity index (χ3n) is 3.00. The number of nitrogens with one attached hydrogen (secondary N) is 1. The number of hydrogen-bond acceptors (Lipinski definition) is 7. The van der Waals surface area contributed by atoms with Gasteiger partial charge in [0, 0.05) is 12.6 Å². The highest BCUT2D eigenvalue weighted by Gasteiger charge is 2.13. The van der Waals surface area contributed by atoms with Crippen molar-refractivity contribution in [1.82, 2.24) is 19.8 Å². The molecule has 0 saturated carbocycles. The Morgan fingerprint density at radius 2 is 2.05 bits per heavy atom. The number of hydrogen-bond donors (Lipinski definition) is 1. The van der Waals surface area contributed by atoms with Crippen LogP contribution in [0.4, 0.5) is 5.13 Å². The van der Waals surface area contributed by atoms with Gasteiger partial charge in [-0.3, -0.25) is 4.79 Å². The summed E-state index contributed by atoms with van der Waals surface area (Å²) in [7, 11) is 1.74. The maximum absolute atomic E-state index is 12.5. The van der Waals surface area contributed by atoms with Crippen molar-refractivity contribution in [2.75, 3.05) is 19.0 Å². The molecular formula is C14H15N5O2S. The van der Waals surface area contributed by atoms with Gasteiger partial charge in [0.1, 0.15) is 5.75 Å². The predicted octanol–water partition coefficient (Wildman–Crippen LogP) is 2.04. The molecule has 0 aliphatic heterocycles. The van der Waals surface area contributed by atoms with Crippen molar-refractivity contribution in [2.24, 2.45) is 0 Å². The second-order valence-electron chi connectivity index (χ2n) is 4.58. The summed E-state index contributed by atoms with van der Waals surface area (Å²) < 4.78 is 6.79. The number of ether oxygens (including phenoxy) is 1. The van der Waals surface area contributed by atoms with E-state index in [1.807, 2.05) is 19.1 Å². The van der Waals surface area contributed by atoms with Gasteiger partial charge < -0.3 is 10.1 Å². The number of anilines is 1. The zero-order valence-corrected chi connectivity index (χ0v) is 13.1. The highest BCUT2D eigenvalue weighted by Crippen LogP contribution is 2.20. The first-order valence-corrected chi connectivity index (χ1v) is 7.72. The van der Waals surface area contributed by atoms with Crippen LogP contribution in [0.25, 0.3) is 16.2 Å². The van der Waals surface area contributed by atoms with Crippen LogP contribution in [0.15, 0.2) is 29.1 Å². The molecule has 0 amide bonds. The maximum Gasteiger partial charge on any atom is 0.302 e. The lowest BCUT2D eigenvalue weighted by molar-refractivity contribution is 0.317. The Bertz CT molecular complexity index is 841. The zero-order valence-electron chi connectivity index (χ0n) is 12.2. The minimum atomic E-state index is -0.287.